The average Bonchev–Trinajstić information content (AvgIpc) is 1.85. The van der Waals surface area contributed by atoms with Crippen LogP contribution in [0, 0.1) is 0 Å². The van der Waals surface area contributed by atoms with E-state index in [2.05, 4.69) is 20.1 Å². The van der Waals surface area contributed by atoms with Crippen LogP contribution in [-0.4, -0.2) is 33.7 Å². The SMILES string of the molecule is CCCS(C)(CCC)CC(O)=S. The molecule has 0 rings (SSSR count). The molecular weight excluding hydrogens is 188 g/mol. The summed E-state index contributed by atoms with van der Waals surface area (Å²) in [6.45, 7) is 4.39. The van der Waals surface area contributed by atoms with Crippen molar-refractivity contribution in [3.8, 4) is 0 Å². The molecule has 0 aromatic heterocycles. The molecule has 0 saturated carbocycles. The Labute approximate surface area is 82.9 Å². The van der Waals surface area contributed by atoms with Crippen LogP contribution in [0.5, 0.6) is 0 Å². The average molecular weight is 208 g/mol. The summed E-state index contributed by atoms with van der Waals surface area (Å²) in [5.41, 5.74) is 0. The Morgan fingerprint density at radius 3 is 1.92 bits per heavy atom. The van der Waals surface area contributed by atoms with Gasteiger partial charge in [0.15, 0.2) is 5.05 Å². The lowest BCUT2D eigenvalue weighted by molar-refractivity contribution is 0.566. The predicted octanol–water partition coefficient (Wildman–Crippen LogP) is 3.13. The van der Waals surface area contributed by atoms with Crippen molar-refractivity contribution in [3.05, 3.63) is 0 Å². The first kappa shape index (κ1) is 12.2. The van der Waals surface area contributed by atoms with E-state index < -0.39 is 10.0 Å². The molecule has 0 bridgehead atoms. The Morgan fingerprint density at radius 1 is 1.25 bits per heavy atom. The van der Waals surface area contributed by atoms with Gasteiger partial charge >= 0.3 is 0 Å². The molecule has 0 fully saturated rings. The first-order valence-electron chi connectivity index (χ1n) is 4.47. The molecule has 0 aliphatic carbocycles. The molecule has 12 heavy (non-hydrogen) atoms. The maximum atomic E-state index is 9.09. The molecule has 0 aromatic rings. The Kier molecular flexibility index (Phi) is 5.93. The molecule has 0 aromatic carbocycles. The number of rotatable bonds is 6. The van der Waals surface area contributed by atoms with Crippen LogP contribution in [0.1, 0.15) is 26.7 Å². The lowest BCUT2D eigenvalue weighted by Gasteiger charge is -2.34. The second-order valence-corrected chi connectivity index (χ2v) is 7.96. The molecule has 1 N–H and O–H groups in total. The molecule has 0 spiro atoms. The van der Waals surface area contributed by atoms with Crippen molar-refractivity contribution in [1.82, 2.24) is 0 Å². The summed E-state index contributed by atoms with van der Waals surface area (Å²) in [7, 11) is -0.630. The van der Waals surface area contributed by atoms with Gasteiger partial charge in [0.05, 0.1) is 0 Å². The summed E-state index contributed by atoms with van der Waals surface area (Å²) in [6.07, 6.45) is 4.70. The van der Waals surface area contributed by atoms with Gasteiger partial charge in [-0.3, -0.25) is 0 Å². The van der Waals surface area contributed by atoms with Crippen LogP contribution < -0.4 is 0 Å². The summed E-state index contributed by atoms with van der Waals surface area (Å²) in [6, 6.07) is 0. The van der Waals surface area contributed by atoms with Crippen LogP contribution in [-0.2, 0) is 0 Å². The van der Waals surface area contributed by atoms with E-state index in [1.807, 2.05) is 0 Å². The summed E-state index contributed by atoms with van der Waals surface area (Å²) in [5, 5.41) is 9.30. The minimum atomic E-state index is -0.630. The van der Waals surface area contributed by atoms with Gasteiger partial charge in [-0.1, -0.05) is 13.8 Å². The molecule has 0 atom stereocenters. The standard InChI is InChI=1S/C9H20OS2/c1-4-6-12(3,7-5-2)8-9(10)11/h4-8H2,1-3H3,(H,10,11). The summed E-state index contributed by atoms with van der Waals surface area (Å²) in [5.74, 6) is 3.24. The van der Waals surface area contributed by atoms with Crippen LogP contribution in [0.15, 0.2) is 0 Å². The highest BCUT2D eigenvalue weighted by Gasteiger charge is 2.17. The van der Waals surface area contributed by atoms with E-state index >= 15 is 0 Å². The Bertz CT molecular complexity index is 139. The maximum Gasteiger partial charge on any atom is 0.165 e. The monoisotopic (exact) mass is 208 g/mol. The van der Waals surface area contributed by atoms with Crippen molar-refractivity contribution in [1.29, 1.82) is 0 Å². The van der Waals surface area contributed by atoms with Crippen LogP contribution in [0.2, 0.25) is 0 Å². The maximum absolute atomic E-state index is 9.09. The van der Waals surface area contributed by atoms with Gasteiger partial charge in [-0.15, -0.1) is 0 Å². The Morgan fingerprint density at radius 2 is 1.67 bits per heavy atom. The van der Waals surface area contributed by atoms with Gasteiger partial charge < -0.3 is 5.11 Å². The van der Waals surface area contributed by atoms with Gasteiger partial charge in [0.25, 0.3) is 0 Å². The molecule has 3 heteroatoms. The van der Waals surface area contributed by atoms with E-state index in [0.29, 0.717) is 0 Å². The number of hydrogen-bond acceptors (Lipinski definition) is 1. The second-order valence-electron chi connectivity index (χ2n) is 3.42. The zero-order chi connectivity index (χ0) is 9.61. The van der Waals surface area contributed by atoms with Gasteiger partial charge in [0.1, 0.15) is 0 Å². The van der Waals surface area contributed by atoms with E-state index in [4.69, 9.17) is 17.3 Å². The minimum absolute atomic E-state index is 0.203. The van der Waals surface area contributed by atoms with Gasteiger partial charge in [-0.25, -0.2) is 10.0 Å². The fourth-order valence-corrected chi connectivity index (χ4v) is 5.44. The first-order chi connectivity index (χ1) is 5.54. The quantitative estimate of drug-likeness (QED) is 0.677. The lowest BCUT2D eigenvalue weighted by atomic mass is 10.6. The van der Waals surface area contributed by atoms with Gasteiger partial charge in [0.2, 0.25) is 0 Å². The second kappa shape index (κ2) is 5.81. The fourth-order valence-electron chi connectivity index (χ4n) is 1.53. The number of aliphatic hydroxyl groups is 1. The zero-order valence-corrected chi connectivity index (χ0v) is 9.93. The van der Waals surface area contributed by atoms with Gasteiger partial charge in [-0.2, -0.15) is 0 Å². The third kappa shape index (κ3) is 4.99. The third-order valence-corrected chi connectivity index (χ3v) is 5.95. The van der Waals surface area contributed by atoms with Crippen molar-refractivity contribution in [3.63, 3.8) is 0 Å². The Balaban J connectivity index is 4.07. The normalized spacial score (nSPS) is 12.9. The van der Waals surface area contributed by atoms with Crippen molar-refractivity contribution in [2.45, 2.75) is 26.7 Å². The van der Waals surface area contributed by atoms with Crippen LogP contribution in [0.25, 0.3) is 0 Å². The van der Waals surface area contributed by atoms with Crippen LogP contribution >= 0.6 is 22.2 Å². The van der Waals surface area contributed by atoms with Gasteiger partial charge in [-0.05, 0) is 42.8 Å². The highest BCUT2D eigenvalue weighted by Crippen LogP contribution is 2.44. The highest BCUT2D eigenvalue weighted by molar-refractivity contribution is 8.33. The fraction of sp³-hybridized carbons (Fsp3) is 0.889. The molecule has 74 valence electrons. The molecule has 0 radical (unpaired) electrons. The smallest absolute Gasteiger partial charge is 0.165 e. The van der Waals surface area contributed by atoms with E-state index in [1.54, 1.807) is 0 Å². The number of thiocarbonyl (C=S) groups is 1. The van der Waals surface area contributed by atoms with E-state index in [0.717, 1.165) is 5.75 Å². The summed E-state index contributed by atoms with van der Waals surface area (Å²) in [4.78, 5) is 0. The summed E-state index contributed by atoms with van der Waals surface area (Å²) < 4.78 is 0. The van der Waals surface area contributed by atoms with Crippen LogP contribution in [0.4, 0.5) is 0 Å². The number of hydrogen-bond donors (Lipinski definition) is 1. The topological polar surface area (TPSA) is 20.2 Å². The van der Waals surface area contributed by atoms with Crippen molar-refractivity contribution < 1.29 is 5.11 Å². The molecule has 0 unspecified atom stereocenters. The van der Waals surface area contributed by atoms with Gasteiger partial charge in [0, 0.05) is 5.75 Å². The minimum Gasteiger partial charge on any atom is -0.501 e. The zero-order valence-electron chi connectivity index (χ0n) is 8.30. The molecule has 0 saturated heterocycles. The van der Waals surface area contributed by atoms with E-state index in [9.17, 15) is 0 Å². The predicted molar refractivity (Wildman–Crippen MR) is 63.9 cm³/mol. The van der Waals surface area contributed by atoms with Crippen molar-refractivity contribution in [2.75, 3.05) is 23.5 Å². The third-order valence-electron chi connectivity index (χ3n) is 1.87. The van der Waals surface area contributed by atoms with E-state index in [1.165, 1.54) is 24.3 Å². The number of aliphatic hydroxyl groups excluding tert-OH is 1. The van der Waals surface area contributed by atoms with Crippen LogP contribution in [0.3, 0.4) is 0 Å². The molecule has 0 aliphatic heterocycles. The first-order valence-corrected chi connectivity index (χ1v) is 7.43. The van der Waals surface area contributed by atoms with Crippen molar-refractivity contribution >= 4 is 27.3 Å². The summed E-state index contributed by atoms with van der Waals surface area (Å²) >= 11 is 4.75. The molecule has 0 amide bonds. The lowest BCUT2D eigenvalue weighted by Crippen LogP contribution is -2.16. The molecule has 1 nitrogen and oxygen atoms in total. The van der Waals surface area contributed by atoms with Crippen molar-refractivity contribution in [2.24, 2.45) is 0 Å². The molecule has 0 heterocycles. The highest BCUT2D eigenvalue weighted by atomic mass is 32.3. The largest absolute Gasteiger partial charge is 0.501 e. The molecule has 0 aliphatic rings. The Hall–Kier alpha value is 0.240. The van der Waals surface area contributed by atoms with E-state index in [-0.39, 0.29) is 5.05 Å². The molecular formula is C9H20OS2.